The molecule has 0 amide bonds. The van der Waals surface area contributed by atoms with Gasteiger partial charge in [0.1, 0.15) is 0 Å². The van der Waals surface area contributed by atoms with Crippen molar-refractivity contribution in [2.45, 2.75) is 0 Å². The van der Waals surface area contributed by atoms with Crippen molar-refractivity contribution in [3.8, 4) is 0 Å². The van der Waals surface area contributed by atoms with E-state index in [1.807, 2.05) is 97.1 Å². The summed E-state index contributed by atoms with van der Waals surface area (Å²) in [6.07, 6.45) is 20.8. The van der Waals surface area contributed by atoms with Crippen LogP contribution in [0.4, 0.5) is 45.5 Å². The molecule has 8 nitrogen and oxygen atoms in total. The number of hydrogen-bond donors (Lipinski definition) is 0. The zero-order chi connectivity index (χ0) is 30.1. The van der Waals surface area contributed by atoms with Crippen LogP contribution >= 0.6 is 0 Å². The van der Waals surface area contributed by atoms with Crippen molar-refractivity contribution in [2.75, 3.05) is 0 Å². The van der Waals surface area contributed by atoms with E-state index in [1.165, 1.54) is 0 Å². The summed E-state index contributed by atoms with van der Waals surface area (Å²) in [5.41, 5.74) is 6.49. The largest absolute Gasteiger partial charge is 2.00 e. The van der Waals surface area contributed by atoms with Gasteiger partial charge in [0.2, 0.25) is 0 Å². The Balaban J connectivity index is 0.000000240. The number of aliphatic imine (C=N–C) groups is 4. The Hall–Kier alpha value is -5.24. The number of hydrogen-bond acceptors (Lipinski definition) is 4. The third-order valence-electron chi connectivity index (χ3n) is 5.92. The molecule has 0 saturated carbocycles. The van der Waals surface area contributed by atoms with Crippen molar-refractivity contribution in [1.29, 1.82) is 0 Å². The maximum Gasteiger partial charge on any atom is 2.00 e. The third kappa shape index (κ3) is 11.0. The van der Waals surface area contributed by atoms with Crippen LogP contribution in [0.15, 0.2) is 166 Å². The van der Waals surface area contributed by atoms with Crippen LogP contribution in [0.5, 0.6) is 0 Å². The van der Waals surface area contributed by atoms with Gasteiger partial charge in [0, 0.05) is 47.6 Å². The monoisotopic (exact) mass is 698 g/mol. The van der Waals surface area contributed by atoms with Crippen LogP contribution in [0.25, 0.3) is 21.3 Å². The Labute approximate surface area is 290 Å². The predicted octanol–water partition coefficient (Wildman–Crippen LogP) is 11.7. The summed E-state index contributed by atoms with van der Waals surface area (Å²) in [5, 5.41) is 17.6. The molecule has 4 aromatic rings. The molecule has 4 aromatic carbocycles. The maximum atomic E-state index is 4.40. The fraction of sp³-hybridized carbons (Fsp3) is 0. The number of fused-ring (bicyclic) bond motifs is 4. The van der Waals surface area contributed by atoms with Gasteiger partial charge < -0.3 is 21.3 Å². The molecule has 0 unspecified atom stereocenters. The van der Waals surface area contributed by atoms with Crippen molar-refractivity contribution < 1.29 is 34.1 Å². The minimum atomic E-state index is 0. The maximum absolute atomic E-state index is 4.40. The van der Waals surface area contributed by atoms with Gasteiger partial charge in [-0.1, -0.05) is 97.1 Å². The van der Waals surface area contributed by atoms with Crippen molar-refractivity contribution in [1.82, 2.24) is 0 Å². The van der Waals surface area contributed by atoms with Gasteiger partial charge in [-0.2, -0.15) is 24.8 Å². The second-order valence-electron chi connectivity index (χ2n) is 8.95. The topological polar surface area (TPSA) is 106 Å². The van der Waals surface area contributed by atoms with Gasteiger partial charge in [-0.05, 0) is 24.3 Å². The van der Waals surface area contributed by atoms with E-state index >= 15 is 0 Å². The number of para-hydroxylation sites is 8. The molecule has 2 aliphatic heterocycles. The molecule has 6 rings (SSSR count). The van der Waals surface area contributed by atoms with Crippen LogP contribution in [0.3, 0.4) is 0 Å². The summed E-state index contributed by atoms with van der Waals surface area (Å²) in [7, 11) is 0. The van der Waals surface area contributed by atoms with E-state index in [-0.39, 0.29) is 34.1 Å². The second kappa shape index (κ2) is 19.9. The van der Waals surface area contributed by atoms with Gasteiger partial charge >= 0.3 is 34.1 Å². The number of rotatable bonds is 0. The quantitative estimate of drug-likeness (QED) is 0.163. The molecule has 234 valence electrons. The van der Waals surface area contributed by atoms with Crippen molar-refractivity contribution >= 4 is 70.4 Å². The molecule has 0 bridgehead atoms. The first kappa shape index (κ1) is 35.2. The molecule has 2 heterocycles. The normalized spacial score (nSPS) is 15.7. The molecule has 0 fully saturated rings. The smallest absolute Gasteiger partial charge is 0.662 e. The average molecular weight is 700 g/mol. The SMILES string of the molecule is C1=Nc2ccccc2[N-]/C=C\C=Nc2ccccc2[N-]/C=C\1.C1=Nc2ccccc2[N-]/C=C\C=Nc2ccccc2[N-]/C=C\1.[Cu+2].[Cu+2]. The Bertz CT molecular complexity index is 1530. The van der Waals surface area contributed by atoms with Crippen LogP contribution in [0, 0.1) is 0 Å². The summed E-state index contributed by atoms with van der Waals surface area (Å²) >= 11 is 0. The van der Waals surface area contributed by atoms with Crippen LogP contribution in [-0.4, -0.2) is 24.9 Å². The van der Waals surface area contributed by atoms with Crippen molar-refractivity contribution in [2.24, 2.45) is 20.0 Å². The molecule has 2 radical (unpaired) electrons. The average Bonchev–Trinajstić information content (AvgIpc) is 3.06. The molecule has 0 atom stereocenters. The fourth-order valence-corrected chi connectivity index (χ4v) is 3.87. The van der Waals surface area contributed by atoms with Crippen LogP contribution in [0.2, 0.25) is 0 Å². The van der Waals surface area contributed by atoms with E-state index in [0.717, 1.165) is 45.5 Å². The van der Waals surface area contributed by atoms with E-state index in [1.54, 1.807) is 74.0 Å². The number of allylic oxidation sites excluding steroid dienone is 4. The molecule has 0 spiro atoms. The van der Waals surface area contributed by atoms with E-state index < -0.39 is 0 Å². The zero-order valence-electron chi connectivity index (χ0n) is 24.3. The second-order valence-corrected chi connectivity index (χ2v) is 8.95. The van der Waals surface area contributed by atoms with Crippen molar-refractivity contribution in [3.63, 3.8) is 0 Å². The summed E-state index contributed by atoms with van der Waals surface area (Å²) < 4.78 is 0. The zero-order valence-corrected chi connectivity index (χ0v) is 26.2. The Kier molecular flexibility index (Phi) is 15.3. The van der Waals surface area contributed by atoms with Gasteiger partial charge in [0.25, 0.3) is 0 Å². The molecule has 2 aliphatic rings. The van der Waals surface area contributed by atoms with Crippen LogP contribution in [-0.2, 0) is 34.1 Å². The summed E-state index contributed by atoms with van der Waals surface area (Å²) in [4.78, 5) is 17.6. The van der Waals surface area contributed by atoms with E-state index in [0.29, 0.717) is 0 Å². The summed E-state index contributed by atoms with van der Waals surface area (Å²) in [6.45, 7) is 0. The Morgan fingerprint density at radius 2 is 0.522 bits per heavy atom. The van der Waals surface area contributed by atoms with Gasteiger partial charge in [0.05, 0.1) is 0 Å². The molecule has 0 saturated heterocycles. The summed E-state index contributed by atoms with van der Waals surface area (Å²) in [6, 6.07) is 30.8. The number of nitrogens with zero attached hydrogens (tertiary/aromatic N) is 8. The molecule has 0 aliphatic carbocycles. The molecule has 0 N–H and O–H groups in total. The van der Waals surface area contributed by atoms with E-state index in [2.05, 4.69) is 41.2 Å². The first-order valence-corrected chi connectivity index (χ1v) is 13.8. The molecule has 0 aromatic heterocycles. The van der Waals surface area contributed by atoms with Gasteiger partial charge in [0.15, 0.2) is 0 Å². The predicted molar refractivity (Wildman–Crippen MR) is 187 cm³/mol. The van der Waals surface area contributed by atoms with Crippen LogP contribution < -0.4 is 0 Å². The van der Waals surface area contributed by atoms with E-state index in [4.69, 9.17) is 0 Å². The number of benzene rings is 4. The molecular weight excluding hydrogens is 672 g/mol. The standard InChI is InChI=1S/2C18H14N4.2Cu/c2*1-2-8-16-15(7-1)19-11-5-13-21-17-9-3-4-10-18(17)22-14-6-12-20-16;;/h2*1-14H;;/q2*-2;2*+2/b2*11-5-,14-6-,20-12?,21-13?;;. The molecular formula is C36H28Cu2N8. The van der Waals surface area contributed by atoms with Gasteiger partial charge in [-0.15, -0.1) is 22.7 Å². The molecule has 46 heavy (non-hydrogen) atoms. The minimum Gasteiger partial charge on any atom is -0.662 e. The van der Waals surface area contributed by atoms with Crippen LogP contribution in [0.1, 0.15) is 0 Å². The fourth-order valence-electron chi connectivity index (χ4n) is 3.87. The Morgan fingerprint density at radius 1 is 0.304 bits per heavy atom. The first-order chi connectivity index (χ1) is 21.9. The Morgan fingerprint density at radius 3 is 0.761 bits per heavy atom. The first-order valence-electron chi connectivity index (χ1n) is 13.8. The van der Waals surface area contributed by atoms with Crippen molar-refractivity contribution in [3.05, 3.63) is 167 Å². The van der Waals surface area contributed by atoms with Gasteiger partial charge in [-0.25, -0.2) is 0 Å². The minimum absolute atomic E-state index is 0. The van der Waals surface area contributed by atoms with E-state index in [9.17, 15) is 0 Å². The molecule has 10 heteroatoms. The summed E-state index contributed by atoms with van der Waals surface area (Å²) in [5.74, 6) is 0. The van der Waals surface area contributed by atoms with Gasteiger partial charge in [-0.3, -0.25) is 20.0 Å². The third-order valence-corrected chi connectivity index (χ3v) is 5.92.